The summed E-state index contributed by atoms with van der Waals surface area (Å²) in [5.74, 6) is 0. The Hall–Kier alpha value is -9.15. The van der Waals surface area contributed by atoms with Crippen LogP contribution in [0.5, 0.6) is 0 Å². The van der Waals surface area contributed by atoms with Gasteiger partial charge in [0.15, 0.2) is 8.07 Å². The van der Waals surface area contributed by atoms with Crippen molar-refractivity contribution < 1.29 is 18.9 Å². The van der Waals surface area contributed by atoms with Gasteiger partial charge in [0, 0.05) is 64.6 Å². The van der Waals surface area contributed by atoms with Crippen LogP contribution < -0.4 is 59.8 Å². The molecular formula is C88H69Br2Cl2LiN4Si2. The molecule has 11 heteroatoms. The minimum absolute atomic E-state index is 0. The second-order valence-corrected chi connectivity index (χ2v) is 35.8. The van der Waals surface area contributed by atoms with Crippen LogP contribution in [0.4, 0.5) is 34.1 Å². The van der Waals surface area contributed by atoms with Gasteiger partial charge in [-0.1, -0.05) is 280 Å². The quantitative estimate of drug-likeness (QED) is 0.0729. The molecule has 0 radical (unpaired) electrons. The van der Waals surface area contributed by atoms with Gasteiger partial charge in [0.05, 0.1) is 33.4 Å². The van der Waals surface area contributed by atoms with Crippen LogP contribution in [-0.4, -0.2) is 23.9 Å². The first kappa shape index (κ1) is 68.4. The molecule has 4 nitrogen and oxygen atoms in total. The van der Waals surface area contributed by atoms with Gasteiger partial charge in [-0.15, -0.1) is 22.2 Å². The van der Waals surface area contributed by atoms with Gasteiger partial charge in [-0.2, -0.15) is 6.42 Å². The van der Waals surface area contributed by atoms with E-state index in [2.05, 4.69) is 356 Å². The minimum atomic E-state index is -2.64. The van der Waals surface area contributed by atoms with Crippen LogP contribution in [0.15, 0.2) is 373 Å². The van der Waals surface area contributed by atoms with Gasteiger partial charge < -0.3 is 25.9 Å². The van der Waals surface area contributed by atoms with Crippen molar-refractivity contribution in [2.75, 3.05) is 9.80 Å². The van der Waals surface area contributed by atoms with E-state index in [-0.39, 0.29) is 18.9 Å². The van der Waals surface area contributed by atoms with Crippen molar-refractivity contribution in [3.63, 3.8) is 0 Å². The molecule has 0 aliphatic carbocycles. The SMILES string of the molecule is Brc1ccccc1N(c1cccc(-n2c3ccccc3c3ccccc32)c1)c1ccccc1Br.Cl[Si](Cl)(c1ccccc1)c1ccccc1.[CH2-]CCC.[Li+].c1ccc([Si]2(c3ccccc3)c3ccccc3N(c3cccc(-n4c5ccccc5c5ccccc54)c3)c3ccccc32)cc1. The summed E-state index contributed by atoms with van der Waals surface area (Å²) in [5, 5.41) is 12.7. The second-order valence-electron chi connectivity index (χ2n) is 24.0. The molecule has 0 saturated carbocycles. The molecule has 0 unspecified atom stereocenters. The number of unbranched alkanes of at least 4 members (excludes halogenated alkanes) is 1. The molecule has 1 aliphatic rings. The van der Waals surface area contributed by atoms with E-state index in [9.17, 15) is 0 Å². The minimum Gasteiger partial charge on any atom is -0.343 e. The van der Waals surface area contributed by atoms with E-state index in [1.165, 1.54) is 82.2 Å². The molecule has 3 heterocycles. The standard InChI is InChI=1S/C42H30N2Si.C30H20Br2N2.C12H10Cl2Si.C4H9.Li/c1-3-18-33(19-4-1)45(34-20-5-2-6-21-34)41-28-13-11-26-39(41)44(40-27-12-14-29-42(40)45)32-17-15-16-31(30-32)43-37-24-9-7-22-35(37)36-23-8-10-25-38(36)43;31-25-14-3-7-18-29(25)34(30-19-8-4-15-26(30)32)22-11-9-10-21(20-22)33-27-16-5-1-12-23(27)24-13-2-6-17-28(24)33;13-15(14,11-7-3-1-4-8-11)12-9-5-2-6-10-12;1-3-4-2;/h1-30H;1-20H;1-10H;1,3-4H2,2H3;/q;;;-1;+1. The van der Waals surface area contributed by atoms with E-state index in [0.29, 0.717) is 0 Å². The molecule has 478 valence electrons. The van der Waals surface area contributed by atoms with Gasteiger partial charge in [0.25, 0.3) is 0 Å². The van der Waals surface area contributed by atoms with Crippen LogP contribution >= 0.6 is 54.0 Å². The number of nitrogens with zero attached hydrogens (tertiary/aromatic N) is 4. The van der Waals surface area contributed by atoms with Crippen LogP contribution in [0, 0.1) is 6.92 Å². The van der Waals surface area contributed by atoms with E-state index < -0.39 is 14.8 Å². The van der Waals surface area contributed by atoms with Gasteiger partial charge in [0.1, 0.15) is 0 Å². The Labute approximate surface area is 620 Å². The Morgan fingerprint density at radius 2 is 0.687 bits per heavy atom. The molecule has 99 heavy (non-hydrogen) atoms. The topological polar surface area (TPSA) is 16.3 Å². The van der Waals surface area contributed by atoms with Gasteiger partial charge in [-0.3, -0.25) is 0 Å². The molecule has 0 saturated heterocycles. The number of rotatable bonds is 11. The Bertz CT molecular complexity index is 5140. The van der Waals surface area contributed by atoms with Crippen molar-refractivity contribution in [3.05, 3.63) is 380 Å². The molecule has 0 bridgehead atoms. The molecular weight excluding hydrogens is 1410 g/mol. The predicted molar refractivity (Wildman–Crippen MR) is 433 cm³/mol. The summed E-state index contributed by atoms with van der Waals surface area (Å²) < 4.78 is 6.83. The normalized spacial score (nSPS) is 12.0. The van der Waals surface area contributed by atoms with Gasteiger partial charge in [-0.25, -0.2) is 0 Å². The number of fused-ring (bicyclic) bond motifs is 8. The number of para-hydroxylation sites is 8. The summed E-state index contributed by atoms with van der Waals surface area (Å²) in [6, 6.07) is 129. The van der Waals surface area contributed by atoms with Crippen LogP contribution in [0.2, 0.25) is 0 Å². The summed E-state index contributed by atoms with van der Waals surface area (Å²) in [7, 11) is -2.64. The van der Waals surface area contributed by atoms with E-state index in [1.807, 2.05) is 72.8 Å². The van der Waals surface area contributed by atoms with Gasteiger partial charge in [-0.05, 0) is 160 Å². The zero-order valence-corrected chi connectivity index (χ0v) is 61.7. The molecule has 0 N–H and O–H groups in total. The number of aromatic nitrogens is 2. The fourth-order valence-electron chi connectivity index (χ4n) is 13.8. The van der Waals surface area contributed by atoms with Crippen molar-refractivity contribution in [2.45, 2.75) is 19.8 Å². The maximum atomic E-state index is 6.49. The van der Waals surface area contributed by atoms with Crippen molar-refractivity contribution in [1.29, 1.82) is 0 Å². The van der Waals surface area contributed by atoms with Crippen molar-refractivity contribution in [3.8, 4) is 11.4 Å². The number of hydrogen-bond donors (Lipinski definition) is 0. The number of anilines is 6. The van der Waals surface area contributed by atoms with Gasteiger partial charge in [0.2, 0.25) is 0 Å². The maximum Gasteiger partial charge on any atom is 1.00 e. The van der Waals surface area contributed by atoms with Crippen LogP contribution in [-0.2, 0) is 0 Å². The van der Waals surface area contributed by atoms with E-state index >= 15 is 0 Å². The van der Waals surface area contributed by atoms with Crippen molar-refractivity contribution in [2.24, 2.45) is 0 Å². The summed E-state index contributed by atoms with van der Waals surface area (Å²) in [6.45, 7) is 3.21. The third kappa shape index (κ3) is 13.4. The fourth-order valence-corrected chi connectivity index (χ4v) is 22.9. The average molecular weight is 1480 g/mol. The average Bonchev–Trinajstić information content (AvgIpc) is 1.30. The molecule has 0 atom stereocenters. The number of benzene rings is 14. The first-order chi connectivity index (χ1) is 48.2. The van der Waals surface area contributed by atoms with E-state index in [0.717, 1.165) is 59.9 Å². The molecule has 17 rings (SSSR count). The number of hydrogen-bond acceptors (Lipinski definition) is 2. The second kappa shape index (κ2) is 30.9. The van der Waals surface area contributed by atoms with Crippen molar-refractivity contribution in [1.82, 2.24) is 9.13 Å². The van der Waals surface area contributed by atoms with E-state index in [1.54, 1.807) is 0 Å². The van der Waals surface area contributed by atoms with Crippen LogP contribution in [0.3, 0.4) is 0 Å². The summed E-state index contributed by atoms with van der Waals surface area (Å²) in [4.78, 5) is 4.77. The zero-order valence-electron chi connectivity index (χ0n) is 55.1. The third-order valence-electron chi connectivity index (χ3n) is 18.2. The first-order valence-electron chi connectivity index (χ1n) is 33.1. The monoisotopic (exact) mass is 1470 g/mol. The molecule has 2 aromatic heterocycles. The Balaban J connectivity index is 0.000000143. The molecule has 1 aliphatic heterocycles. The van der Waals surface area contributed by atoms with Gasteiger partial charge >= 0.3 is 25.6 Å². The number of halogens is 4. The van der Waals surface area contributed by atoms with E-state index in [4.69, 9.17) is 22.2 Å². The summed E-state index contributed by atoms with van der Waals surface area (Å²) in [6.07, 6.45) is 2.28. The summed E-state index contributed by atoms with van der Waals surface area (Å²) in [5.41, 5.74) is 14.0. The Morgan fingerprint density at radius 3 is 1.09 bits per heavy atom. The molecule has 14 aromatic carbocycles. The van der Waals surface area contributed by atoms with Crippen LogP contribution in [0.25, 0.3) is 55.0 Å². The first-order valence-corrected chi connectivity index (χ1v) is 40.7. The maximum absolute atomic E-state index is 6.49. The van der Waals surface area contributed by atoms with Crippen LogP contribution in [0.1, 0.15) is 19.8 Å². The summed E-state index contributed by atoms with van der Waals surface area (Å²) >= 11 is 20.5. The molecule has 0 amide bonds. The molecule has 0 fully saturated rings. The molecule has 16 aromatic rings. The fraction of sp³-hybridized carbons (Fsp3) is 0.0341. The smallest absolute Gasteiger partial charge is 0.343 e. The Morgan fingerprint density at radius 1 is 0.364 bits per heavy atom. The largest absolute Gasteiger partial charge is 1.00 e. The molecule has 0 spiro atoms. The predicted octanol–water partition coefficient (Wildman–Crippen LogP) is 19.1. The third-order valence-corrected chi connectivity index (χ3v) is 29.1. The zero-order chi connectivity index (χ0) is 67.0. The van der Waals surface area contributed by atoms with Crippen molar-refractivity contribution >= 4 is 178 Å². The Kier molecular flexibility index (Phi) is 21.4.